The summed E-state index contributed by atoms with van der Waals surface area (Å²) in [7, 11) is 0. The van der Waals surface area contributed by atoms with Crippen molar-refractivity contribution in [3.05, 3.63) is 99.6 Å². The van der Waals surface area contributed by atoms with Crippen LogP contribution in [-0.4, -0.2) is 22.5 Å². The molecule has 0 unspecified atom stereocenters. The van der Waals surface area contributed by atoms with Gasteiger partial charge in [-0.1, -0.05) is 12.1 Å². The molecule has 0 saturated heterocycles. The molecule has 2 heterocycles. The highest BCUT2D eigenvalue weighted by molar-refractivity contribution is 6.06. The van der Waals surface area contributed by atoms with E-state index in [1.54, 1.807) is 29.4 Å². The minimum atomic E-state index is -0.226. The molecule has 0 spiro atoms. The normalized spacial score (nSPS) is 10.8. The summed E-state index contributed by atoms with van der Waals surface area (Å²) in [6.45, 7) is 6.59. The van der Waals surface area contributed by atoms with Crippen molar-refractivity contribution in [1.29, 1.82) is 0 Å². The molecule has 0 aliphatic heterocycles. The van der Waals surface area contributed by atoms with E-state index in [0.717, 1.165) is 33.5 Å². The Balaban J connectivity index is 1.81. The van der Waals surface area contributed by atoms with Gasteiger partial charge in [-0.15, -0.1) is 0 Å². The molecule has 0 aliphatic rings. The van der Waals surface area contributed by atoms with E-state index in [2.05, 4.69) is 9.97 Å². The van der Waals surface area contributed by atoms with Gasteiger partial charge in [0.1, 0.15) is 5.75 Å². The van der Waals surface area contributed by atoms with Gasteiger partial charge in [0.25, 0.3) is 11.5 Å². The average Bonchev–Trinajstić information content (AvgIpc) is 2.80. The van der Waals surface area contributed by atoms with Gasteiger partial charge in [0, 0.05) is 34.5 Å². The van der Waals surface area contributed by atoms with Crippen molar-refractivity contribution in [1.82, 2.24) is 9.97 Å². The molecule has 32 heavy (non-hydrogen) atoms. The van der Waals surface area contributed by atoms with Crippen LogP contribution in [0, 0.1) is 13.8 Å². The molecule has 0 bridgehead atoms. The second-order valence-corrected chi connectivity index (χ2v) is 7.66. The maximum Gasteiger partial charge on any atom is 0.260 e. The lowest BCUT2D eigenvalue weighted by Crippen LogP contribution is -2.33. The Morgan fingerprint density at radius 1 is 1.09 bits per heavy atom. The van der Waals surface area contributed by atoms with Gasteiger partial charge in [-0.3, -0.25) is 14.6 Å². The van der Waals surface area contributed by atoms with Gasteiger partial charge in [-0.25, -0.2) is 0 Å². The van der Waals surface area contributed by atoms with Gasteiger partial charge in [-0.05, 0) is 74.4 Å². The standard InChI is InChI=1S/C26H25N3O3/c1-4-32-22-10-11-23-20(14-22)13-21(25(30)28-23)16-29(24-9-5-7-17(2)18(24)3)26(31)19-8-6-12-27-15-19/h5-15H,4,16H2,1-3H3,(H,28,30). The first-order valence-corrected chi connectivity index (χ1v) is 10.5. The first-order valence-electron chi connectivity index (χ1n) is 10.5. The number of rotatable bonds is 6. The van der Waals surface area contributed by atoms with Gasteiger partial charge < -0.3 is 14.6 Å². The van der Waals surface area contributed by atoms with Gasteiger partial charge in [0.05, 0.1) is 18.7 Å². The minimum absolute atomic E-state index is 0.127. The van der Waals surface area contributed by atoms with E-state index in [9.17, 15) is 9.59 Å². The number of aromatic amines is 1. The number of carbonyl (C=O) groups excluding carboxylic acids is 1. The summed E-state index contributed by atoms with van der Waals surface area (Å²) in [5.41, 5.74) is 4.27. The van der Waals surface area contributed by atoms with Crippen molar-refractivity contribution in [3.8, 4) is 5.75 Å². The lowest BCUT2D eigenvalue weighted by molar-refractivity contribution is 0.0984. The highest BCUT2D eigenvalue weighted by Gasteiger charge is 2.22. The SMILES string of the molecule is CCOc1ccc2[nH]c(=O)c(CN(C(=O)c3cccnc3)c3cccc(C)c3C)cc2c1. The number of carbonyl (C=O) groups is 1. The summed E-state index contributed by atoms with van der Waals surface area (Å²) < 4.78 is 5.60. The fourth-order valence-corrected chi connectivity index (χ4v) is 3.71. The zero-order valence-electron chi connectivity index (χ0n) is 18.4. The summed E-state index contributed by atoms with van der Waals surface area (Å²) in [6.07, 6.45) is 3.17. The minimum Gasteiger partial charge on any atom is -0.494 e. The van der Waals surface area contributed by atoms with Crippen LogP contribution >= 0.6 is 0 Å². The van der Waals surface area contributed by atoms with Crippen LogP contribution in [0.5, 0.6) is 5.75 Å². The maximum absolute atomic E-state index is 13.5. The summed E-state index contributed by atoms with van der Waals surface area (Å²) in [6, 6.07) is 16.7. The Hall–Kier alpha value is -3.93. The number of ether oxygens (including phenoxy) is 1. The van der Waals surface area contributed by atoms with E-state index in [-0.39, 0.29) is 18.0 Å². The van der Waals surface area contributed by atoms with Crippen molar-refractivity contribution in [3.63, 3.8) is 0 Å². The Morgan fingerprint density at radius 3 is 2.69 bits per heavy atom. The number of pyridine rings is 2. The number of nitrogens with zero attached hydrogens (tertiary/aromatic N) is 2. The van der Waals surface area contributed by atoms with Crippen LogP contribution in [0.1, 0.15) is 34.0 Å². The van der Waals surface area contributed by atoms with Crippen molar-refractivity contribution >= 4 is 22.5 Å². The highest BCUT2D eigenvalue weighted by atomic mass is 16.5. The van der Waals surface area contributed by atoms with Crippen LogP contribution in [0.4, 0.5) is 5.69 Å². The van der Waals surface area contributed by atoms with Gasteiger partial charge >= 0.3 is 0 Å². The van der Waals surface area contributed by atoms with Crippen LogP contribution in [0.25, 0.3) is 10.9 Å². The molecule has 6 nitrogen and oxygen atoms in total. The molecule has 0 fully saturated rings. The third-order valence-corrected chi connectivity index (χ3v) is 5.55. The molecule has 0 saturated carbocycles. The lowest BCUT2D eigenvalue weighted by atomic mass is 10.1. The Bertz CT molecular complexity index is 1330. The Kier molecular flexibility index (Phi) is 6.03. The van der Waals surface area contributed by atoms with Crippen LogP contribution in [0.3, 0.4) is 0 Å². The van der Waals surface area contributed by atoms with Crippen molar-refractivity contribution in [2.24, 2.45) is 0 Å². The van der Waals surface area contributed by atoms with E-state index in [1.807, 2.05) is 63.2 Å². The van der Waals surface area contributed by atoms with Crippen molar-refractivity contribution in [2.45, 2.75) is 27.3 Å². The molecular formula is C26H25N3O3. The van der Waals surface area contributed by atoms with Crippen LogP contribution in [-0.2, 0) is 6.54 Å². The number of benzene rings is 2. The monoisotopic (exact) mass is 427 g/mol. The van der Waals surface area contributed by atoms with Gasteiger partial charge in [-0.2, -0.15) is 0 Å². The third kappa shape index (κ3) is 4.25. The molecule has 0 aliphatic carbocycles. The molecular weight excluding hydrogens is 402 g/mol. The number of fused-ring (bicyclic) bond motifs is 1. The molecule has 0 atom stereocenters. The highest BCUT2D eigenvalue weighted by Crippen LogP contribution is 2.27. The first-order chi connectivity index (χ1) is 15.5. The molecule has 0 radical (unpaired) electrons. The summed E-state index contributed by atoms with van der Waals surface area (Å²) in [5, 5.41) is 0.847. The second-order valence-electron chi connectivity index (χ2n) is 7.66. The fourth-order valence-electron chi connectivity index (χ4n) is 3.71. The number of H-pyrrole nitrogens is 1. The smallest absolute Gasteiger partial charge is 0.260 e. The summed E-state index contributed by atoms with van der Waals surface area (Å²) in [5.74, 6) is 0.519. The van der Waals surface area contributed by atoms with E-state index in [0.29, 0.717) is 17.7 Å². The first kappa shape index (κ1) is 21.3. The van der Waals surface area contributed by atoms with Crippen molar-refractivity contribution < 1.29 is 9.53 Å². The molecule has 4 aromatic rings. The van der Waals surface area contributed by atoms with E-state index < -0.39 is 0 Å². The number of hydrogen-bond acceptors (Lipinski definition) is 4. The number of aryl methyl sites for hydroxylation is 1. The fraction of sp³-hybridized carbons (Fsp3) is 0.192. The number of aromatic nitrogens is 2. The summed E-state index contributed by atoms with van der Waals surface area (Å²) in [4.78, 5) is 35.0. The van der Waals surface area contributed by atoms with Crippen LogP contribution < -0.4 is 15.2 Å². The molecule has 2 aromatic heterocycles. The molecule has 1 amide bonds. The summed E-state index contributed by atoms with van der Waals surface area (Å²) >= 11 is 0. The van der Waals surface area contributed by atoms with Gasteiger partial charge in [0.15, 0.2) is 0 Å². The van der Waals surface area contributed by atoms with Crippen LogP contribution in [0.15, 0.2) is 71.8 Å². The molecule has 162 valence electrons. The largest absolute Gasteiger partial charge is 0.494 e. The Morgan fingerprint density at radius 2 is 1.94 bits per heavy atom. The topological polar surface area (TPSA) is 75.3 Å². The third-order valence-electron chi connectivity index (χ3n) is 5.55. The average molecular weight is 428 g/mol. The molecule has 6 heteroatoms. The van der Waals surface area contributed by atoms with E-state index in [4.69, 9.17) is 4.74 Å². The number of nitrogens with one attached hydrogen (secondary N) is 1. The predicted molar refractivity (Wildman–Crippen MR) is 126 cm³/mol. The second kappa shape index (κ2) is 9.06. The van der Waals surface area contributed by atoms with Crippen molar-refractivity contribution in [2.75, 3.05) is 11.5 Å². The number of anilines is 1. The van der Waals surface area contributed by atoms with Gasteiger partial charge in [0.2, 0.25) is 0 Å². The number of amides is 1. The zero-order valence-corrected chi connectivity index (χ0v) is 18.4. The zero-order chi connectivity index (χ0) is 22.7. The molecule has 1 N–H and O–H groups in total. The maximum atomic E-state index is 13.5. The quantitative estimate of drug-likeness (QED) is 0.480. The van der Waals surface area contributed by atoms with E-state index in [1.165, 1.54) is 0 Å². The molecule has 2 aromatic carbocycles. The van der Waals surface area contributed by atoms with E-state index >= 15 is 0 Å². The number of hydrogen-bond donors (Lipinski definition) is 1. The predicted octanol–water partition coefficient (Wildman–Crippen LogP) is 4.79. The molecule has 4 rings (SSSR count). The Labute approximate surface area is 186 Å². The lowest BCUT2D eigenvalue weighted by Gasteiger charge is -2.25. The van der Waals surface area contributed by atoms with Crippen LogP contribution in [0.2, 0.25) is 0 Å².